The minimum Gasteiger partial charge on any atom is -0.399 e. The smallest absolute Gasteiger partial charge is 0.253 e. The fourth-order valence-electron chi connectivity index (χ4n) is 1.59. The van der Waals surface area contributed by atoms with Gasteiger partial charge < -0.3 is 21.1 Å². The van der Waals surface area contributed by atoms with Gasteiger partial charge in [0.2, 0.25) is 0 Å². The number of fused-ring (bicyclic) bond motifs is 1. The van der Waals surface area contributed by atoms with Crippen molar-refractivity contribution in [1.29, 1.82) is 0 Å². The van der Waals surface area contributed by atoms with Crippen LogP contribution in [0.5, 0.6) is 0 Å². The number of carbonyl (C=O) groups is 1. The molecular weight excluding hydrogens is 206 g/mol. The van der Waals surface area contributed by atoms with E-state index in [4.69, 9.17) is 10.8 Å². The van der Waals surface area contributed by atoms with Gasteiger partial charge in [0, 0.05) is 29.3 Å². The van der Waals surface area contributed by atoms with Crippen molar-refractivity contribution < 1.29 is 9.90 Å². The lowest BCUT2D eigenvalue weighted by Crippen LogP contribution is -2.26. The number of nitrogens with two attached hydrogens (primary N) is 1. The summed E-state index contributed by atoms with van der Waals surface area (Å²) in [6.07, 6.45) is 1.64. The van der Waals surface area contributed by atoms with Gasteiger partial charge in [-0.1, -0.05) is 0 Å². The highest BCUT2D eigenvalue weighted by molar-refractivity contribution is 6.07. The molecule has 2 rings (SSSR count). The number of aliphatic hydroxyl groups is 1. The van der Waals surface area contributed by atoms with Crippen molar-refractivity contribution in [3.05, 3.63) is 30.0 Å². The highest BCUT2D eigenvalue weighted by Gasteiger charge is 2.11. The first-order valence-corrected chi connectivity index (χ1v) is 4.98. The molecule has 0 radical (unpaired) electrons. The van der Waals surface area contributed by atoms with Crippen LogP contribution in [-0.4, -0.2) is 29.1 Å². The number of nitrogen functional groups attached to an aromatic ring is 1. The van der Waals surface area contributed by atoms with E-state index in [1.807, 2.05) is 6.07 Å². The average Bonchev–Trinajstić information content (AvgIpc) is 2.68. The molecule has 1 aromatic carbocycles. The summed E-state index contributed by atoms with van der Waals surface area (Å²) in [7, 11) is 0. The minimum atomic E-state index is -0.217. The predicted octanol–water partition coefficient (Wildman–Crippen LogP) is 0.472. The largest absolute Gasteiger partial charge is 0.399 e. The normalized spacial score (nSPS) is 10.6. The zero-order valence-corrected chi connectivity index (χ0v) is 8.66. The quantitative estimate of drug-likeness (QED) is 0.565. The van der Waals surface area contributed by atoms with Crippen LogP contribution in [0.3, 0.4) is 0 Å². The Bertz CT molecular complexity index is 519. The third-order valence-corrected chi connectivity index (χ3v) is 2.35. The molecule has 0 unspecified atom stereocenters. The maximum atomic E-state index is 11.7. The Morgan fingerprint density at radius 2 is 2.31 bits per heavy atom. The van der Waals surface area contributed by atoms with Crippen molar-refractivity contribution in [3.63, 3.8) is 0 Å². The molecule has 0 saturated heterocycles. The number of anilines is 1. The topological polar surface area (TPSA) is 91.1 Å². The van der Waals surface area contributed by atoms with E-state index >= 15 is 0 Å². The molecule has 5 nitrogen and oxygen atoms in total. The Morgan fingerprint density at radius 3 is 3.06 bits per heavy atom. The van der Waals surface area contributed by atoms with E-state index in [9.17, 15) is 4.79 Å². The van der Waals surface area contributed by atoms with Gasteiger partial charge >= 0.3 is 0 Å². The maximum Gasteiger partial charge on any atom is 0.253 e. The maximum absolute atomic E-state index is 11.7. The van der Waals surface area contributed by atoms with Crippen LogP contribution in [0, 0.1) is 0 Å². The number of aromatic nitrogens is 1. The van der Waals surface area contributed by atoms with Gasteiger partial charge in [0.25, 0.3) is 5.91 Å². The monoisotopic (exact) mass is 219 g/mol. The van der Waals surface area contributed by atoms with E-state index in [0.29, 0.717) is 11.3 Å². The Hall–Kier alpha value is -2.01. The lowest BCUT2D eigenvalue weighted by atomic mass is 10.1. The molecule has 0 bridgehead atoms. The van der Waals surface area contributed by atoms with Gasteiger partial charge in [-0.15, -0.1) is 0 Å². The summed E-state index contributed by atoms with van der Waals surface area (Å²) < 4.78 is 0. The summed E-state index contributed by atoms with van der Waals surface area (Å²) in [5.74, 6) is -0.217. The number of carbonyl (C=O) groups excluding carboxylic acids is 1. The first-order valence-electron chi connectivity index (χ1n) is 4.98. The second-order valence-corrected chi connectivity index (χ2v) is 3.49. The van der Waals surface area contributed by atoms with Crippen molar-refractivity contribution in [2.75, 3.05) is 18.9 Å². The first-order chi connectivity index (χ1) is 7.72. The molecule has 1 aromatic heterocycles. The summed E-state index contributed by atoms with van der Waals surface area (Å²) >= 11 is 0. The van der Waals surface area contributed by atoms with E-state index in [0.717, 1.165) is 10.9 Å². The first kappa shape index (κ1) is 10.5. The van der Waals surface area contributed by atoms with Crippen LogP contribution >= 0.6 is 0 Å². The van der Waals surface area contributed by atoms with Crippen molar-refractivity contribution in [1.82, 2.24) is 10.3 Å². The number of H-pyrrole nitrogens is 1. The van der Waals surface area contributed by atoms with Gasteiger partial charge in [-0.2, -0.15) is 0 Å². The molecule has 0 aliphatic rings. The van der Waals surface area contributed by atoms with Gasteiger partial charge in [-0.3, -0.25) is 4.79 Å². The van der Waals surface area contributed by atoms with Crippen LogP contribution in [0.4, 0.5) is 5.69 Å². The number of aromatic amines is 1. The Labute approximate surface area is 92.3 Å². The fraction of sp³-hybridized carbons (Fsp3) is 0.182. The highest BCUT2D eigenvalue weighted by Crippen LogP contribution is 2.20. The molecule has 0 spiro atoms. The molecule has 0 aliphatic carbocycles. The zero-order valence-electron chi connectivity index (χ0n) is 8.66. The predicted molar refractivity (Wildman–Crippen MR) is 62.1 cm³/mol. The van der Waals surface area contributed by atoms with Gasteiger partial charge in [0.15, 0.2) is 0 Å². The van der Waals surface area contributed by atoms with Crippen LogP contribution in [0.25, 0.3) is 10.9 Å². The van der Waals surface area contributed by atoms with Gasteiger partial charge in [-0.05, 0) is 18.2 Å². The van der Waals surface area contributed by atoms with Crippen molar-refractivity contribution in [2.45, 2.75) is 0 Å². The van der Waals surface area contributed by atoms with Crippen LogP contribution in [-0.2, 0) is 0 Å². The van der Waals surface area contributed by atoms with Crippen molar-refractivity contribution in [2.24, 2.45) is 0 Å². The van der Waals surface area contributed by atoms with Gasteiger partial charge in [-0.25, -0.2) is 0 Å². The minimum absolute atomic E-state index is 0.0732. The van der Waals surface area contributed by atoms with Crippen LogP contribution < -0.4 is 11.1 Å². The van der Waals surface area contributed by atoms with E-state index in [-0.39, 0.29) is 19.1 Å². The Kier molecular flexibility index (Phi) is 2.78. The van der Waals surface area contributed by atoms with E-state index in [2.05, 4.69) is 10.3 Å². The highest BCUT2D eigenvalue weighted by atomic mass is 16.3. The second kappa shape index (κ2) is 4.24. The average molecular weight is 219 g/mol. The Morgan fingerprint density at radius 1 is 1.50 bits per heavy atom. The third kappa shape index (κ3) is 1.85. The molecule has 5 N–H and O–H groups in total. The summed E-state index contributed by atoms with van der Waals surface area (Å²) in [4.78, 5) is 14.7. The zero-order chi connectivity index (χ0) is 11.5. The third-order valence-electron chi connectivity index (χ3n) is 2.35. The molecule has 16 heavy (non-hydrogen) atoms. The molecule has 0 atom stereocenters. The summed E-state index contributed by atoms with van der Waals surface area (Å²) in [6, 6.07) is 5.35. The molecule has 0 saturated carbocycles. The summed E-state index contributed by atoms with van der Waals surface area (Å²) in [6.45, 7) is 0.171. The molecule has 2 aromatic rings. The van der Waals surface area contributed by atoms with Gasteiger partial charge in [0.05, 0.1) is 12.2 Å². The standard InChI is InChI=1S/C11H13N3O2/c12-7-1-2-10-8(5-7)9(6-14-10)11(16)13-3-4-15/h1-2,5-6,14-15H,3-4,12H2,(H,13,16). The lowest BCUT2D eigenvalue weighted by molar-refractivity contribution is 0.0946. The SMILES string of the molecule is Nc1ccc2[nH]cc(C(=O)NCCO)c2c1. The summed E-state index contributed by atoms with van der Waals surface area (Å²) in [5.41, 5.74) is 7.68. The number of hydrogen-bond acceptors (Lipinski definition) is 3. The number of amides is 1. The van der Waals surface area contributed by atoms with Crippen molar-refractivity contribution >= 4 is 22.5 Å². The Balaban J connectivity index is 2.37. The molecule has 84 valence electrons. The molecule has 1 amide bonds. The van der Waals surface area contributed by atoms with E-state index < -0.39 is 0 Å². The van der Waals surface area contributed by atoms with Crippen LogP contribution in [0.1, 0.15) is 10.4 Å². The summed E-state index contributed by atoms with van der Waals surface area (Å²) in [5, 5.41) is 12.0. The van der Waals surface area contributed by atoms with E-state index in [1.54, 1.807) is 18.3 Å². The molecular formula is C11H13N3O2. The lowest BCUT2D eigenvalue weighted by Gasteiger charge is -2.01. The molecule has 0 aliphatic heterocycles. The molecule has 1 heterocycles. The number of hydrogen-bond donors (Lipinski definition) is 4. The molecule has 5 heteroatoms. The van der Waals surface area contributed by atoms with Crippen molar-refractivity contribution in [3.8, 4) is 0 Å². The van der Waals surface area contributed by atoms with Gasteiger partial charge in [0.1, 0.15) is 0 Å². The number of aliphatic hydroxyl groups excluding tert-OH is 1. The number of rotatable bonds is 3. The van der Waals surface area contributed by atoms with E-state index in [1.165, 1.54) is 0 Å². The van der Waals surface area contributed by atoms with Crippen LogP contribution in [0.15, 0.2) is 24.4 Å². The fourth-order valence-corrected chi connectivity index (χ4v) is 1.59. The molecule has 0 fully saturated rings. The second-order valence-electron chi connectivity index (χ2n) is 3.49. The van der Waals surface area contributed by atoms with Crippen LogP contribution in [0.2, 0.25) is 0 Å². The number of nitrogens with one attached hydrogen (secondary N) is 2. The number of benzene rings is 1.